The monoisotopic (exact) mass is 342 g/mol. The van der Waals surface area contributed by atoms with Crippen molar-refractivity contribution in [3.63, 3.8) is 0 Å². The second-order valence-electron chi connectivity index (χ2n) is 5.17. The maximum absolute atomic E-state index is 12.3. The molecule has 2 aromatic carbocycles. The molecule has 1 N–H and O–H groups in total. The smallest absolute Gasteiger partial charge is 0.257 e. The molecule has 2 heterocycles. The third-order valence-electron chi connectivity index (χ3n) is 3.63. The highest BCUT2D eigenvalue weighted by atomic mass is 32.1. The fourth-order valence-corrected chi connectivity index (χ4v) is 3.30. The van der Waals surface area contributed by atoms with Crippen LogP contribution >= 0.6 is 11.3 Å². The van der Waals surface area contributed by atoms with E-state index in [9.17, 15) is 4.79 Å². The topological polar surface area (TPSA) is 69.7 Å². The number of hydrogen-bond donors (Lipinski definition) is 1. The Balaban J connectivity index is 1.58. The van der Waals surface area contributed by atoms with Gasteiger partial charge >= 0.3 is 0 Å². The molecule has 3 aromatic rings. The zero-order chi connectivity index (χ0) is 16.5. The van der Waals surface area contributed by atoms with Crippen molar-refractivity contribution >= 4 is 32.6 Å². The number of amides is 1. The Morgan fingerprint density at radius 1 is 1.17 bits per heavy atom. The van der Waals surface area contributed by atoms with Crippen molar-refractivity contribution in [1.82, 2.24) is 4.98 Å². The van der Waals surface area contributed by atoms with Crippen LogP contribution in [0, 0.1) is 0 Å². The first-order chi connectivity index (χ1) is 11.7. The number of carbonyl (C=O) groups is 1. The van der Waals surface area contributed by atoms with Gasteiger partial charge in [-0.25, -0.2) is 4.98 Å². The summed E-state index contributed by atoms with van der Waals surface area (Å²) in [4.78, 5) is 16.8. The van der Waals surface area contributed by atoms with E-state index in [2.05, 4.69) is 10.3 Å². The minimum atomic E-state index is -0.214. The zero-order valence-electron chi connectivity index (χ0n) is 12.9. The quantitative estimate of drug-likeness (QED) is 0.791. The van der Waals surface area contributed by atoms with Gasteiger partial charge in [0, 0.05) is 17.7 Å². The highest BCUT2D eigenvalue weighted by molar-refractivity contribution is 7.22. The molecule has 122 valence electrons. The van der Waals surface area contributed by atoms with Gasteiger partial charge < -0.3 is 14.2 Å². The van der Waals surface area contributed by atoms with Crippen molar-refractivity contribution in [2.24, 2.45) is 0 Å². The fraction of sp³-hybridized carbons (Fsp3) is 0.176. The van der Waals surface area contributed by atoms with Crippen molar-refractivity contribution in [2.45, 2.75) is 0 Å². The molecule has 0 fully saturated rings. The average molecular weight is 342 g/mol. The van der Waals surface area contributed by atoms with Crippen LogP contribution in [-0.4, -0.2) is 31.2 Å². The van der Waals surface area contributed by atoms with Gasteiger partial charge in [-0.3, -0.25) is 10.1 Å². The van der Waals surface area contributed by atoms with Crippen molar-refractivity contribution < 1.29 is 19.0 Å². The van der Waals surface area contributed by atoms with Crippen LogP contribution in [0.3, 0.4) is 0 Å². The summed E-state index contributed by atoms with van der Waals surface area (Å²) in [5.74, 6) is 1.89. The number of nitrogens with one attached hydrogen (secondary N) is 1. The van der Waals surface area contributed by atoms with Crippen molar-refractivity contribution in [2.75, 3.05) is 25.6 Å². The molecular weight excluding hydrogens is 328 g/mol. The molecule has 7 heteroatoms. The number of fused-ring (bicyclic) bond motifs is 2. The third-order valence-corrected chi connectivity index (χ3v) is 4.56. The first-order valence-electron chi connectivity index (χ1n) is 7.38. The van der Waals surface area contributed by atoms with Crippen LogP contribution in [0.15, 0.2) is 36.4 Å². The number of thiazole rings is 1. The lowest BCUT2D eigenvalue weighted by Crippen LogP contribution is -2.15. The summed E-state index contributed by atoms with van der Waals surface area (Å²) in [7, 11) is 1.59. The first kappa shape index (κ1) is 14.8. The van der Waals surface area contributed by atoms with Gasteiger partial charge in [0.2, 0.25) is 0 Å². The molecule has 0 saturated heterocycles. The maximum Gasteiger partial charge on any atom is 0.257 e. The number of nitrogens with zero attached hydrogens (tertiary/aromatic N) is 1. The zero-order valence-corrected chi connectivity index (χ0v) is 13.7. The Kier molecular flexibility index (Phi) is 3.70. The Bertz CT molecular complexity index is 862. The standard InChI is InChI=1S/C17H14N2O4S/c1-21-11-4-2-10(3-5-11)16(20)19-17-18-12-8-13-14(9-15(12)24-17)23-7-6-22-13/h2-5,8-9H,6-7H2,1H3,(H,18,19,20). The summed E-state index contributed by atoms with van der Waals surface area (Å²) in [5, 5.41) is 3.36. The molecule has 0 saturated carbocycles. The van der Waals surface area contributed by atoms with Crippen molar-refractivity contribution in [3.8, 4) is 17.2 Å². The Morgan fingerprint density at radius 2 is 1.88 bits per heavy atom. The largest absolute Gasteiger partial charge is 0.497 e. The second-order valence-corrected chi connectivity index (χ2v) is 6.20. The lowest BCUT2D eigenvalue weighted by molar-refractivity contribution is 0.102. The van der Waals surface area contributed by atoms with E-state index in [1.165, 1.54) is 11.3 Å². The summed E-state index contributed by atoms with van der Waals surface area (Å²) in [6.07, 6.45) is 0. The van der Waals surface area contributed by atoms with Crippen LogP contribution in [0.1, 0.15) is 10.4 Å². The summed E-state index contributed by atoms with van der Waals surface area (Å²) in [6.45, 7) is 1.07. The number of benzene rings is 2. The van der Waals surface area contributed by atoms with Crippen LogP contribution in [0.2, 0.25) is 0 Å². The summed E-state index contributed by atoms with van der Waals surface area (Å²) < 4.78 is 17.1. The Hall–Kier alpha value is -2.80. The number of ether oxygens (including phenoxy) is 3. The van der Waals surface area contributed by atoms with Crippen LogP contribution in [-0.2, 0) is 0 Å². The van der Waals surface area contributed by atoms with E-state index in [-0.39, 0.29) is 5.91 Å². The van der Waals surface area contributed by atoms with E-state index in [0.717, 1.165) is 10.2 Å². The predicted octanol–water partition coefficient (Wildman–Crippen LogP) is 3.33. The van der Waals surface area contributed by atoms with E-state index in [0.29, 0.717) is 41.2 Å². The Labute approximate surface area is 142 Å². The number of methoxy groups -OCH3 is 1. The minimum Gasteiger partial charge on any atom is -0.497 e. The SMILES string of the molecule is COc1ccc(C(=O)Nc2nc3cc4c(cc3s2)OCCO4)cc1. The molecule has 1 aliphatic rings. The molecule has 4 rings (SSSR count). The summed E-state index contributed by atoms with van der Waals surface area (Å²) in [5.41, 5.74) is 1.32. The molecule has 0 bridgehead atoms. The minimum absolute atomic E-state index is 0.214. The number of rotatable bonds is 3. The van der Waals surface area contributed by atoms with E-state index in [4.69, 9.17) is 14.2 Å². The van der Waals surface area contributed by atoms with Gasteiger partial charge in [0.15, 0.2) is 16.6 Å². The highest BCUT2D eigenvalue weighted by Gasteiger charge is 2.16. The molecule has 6 nitrogen and oxygen atoms in total. The maximum atomic E-state index is 12.3. The lowest BCUT2D eigenvalue weighted by Gasteiger charge is -2.17. The molecule has 0 spiro atoms. The lowest BCUT2D eigenvalue weighted by atomic mass is 10.2. The molecule has 0 unspecified atom stereocenters. The fourth-order valence-electron chi connectivity index (χ4n) is 2.43. The molecule has 24 heavy (non-hydrogen) atoms. The van der Waals surface area contributed by atoms with E-state index in [1.54, 1.807) is 31.4 Å². The van der Waals surface area contributed by atoms with Crippen LogP contribution < -0.4 is 19.5 Å². The van der Waals surface area contributed by atoms with Gasteiger partial charge in [-0.1, -0.05) is 11.3 Å². The van der Waals surface area contributed by atoms with Crippen molar-refractivity contribution in [1.29, 1.82) is 0 Å². The van der Waals surface area contributed by atoms with Gasteiger partial charge in [0.25, 0.3) is 5.91 Å². The molecule has 1 aliphatic heterocycles. The summed E-state index contributed by atoms with van der Waals surface area (Å²) >= 11 is 1.40. The van der Waals surface area contributed by atoms with Crippen LogP contribution in [0.25, 0.3) is 10.2 Å². The highest BCUT2D eigenvalue weighted by Crippen LogP contribution is 2.37. The number of hydrogen-bond acceptors (Lipinski definition) is 6. The van der Waals surface area contributed by atoms with E-state index >= 15 is 0 Å². The van der Waals surface area contributed by atoms with Gasteiger partial charge in [-0.15, -0.1) is 0 Å². The number of aromatic nitrogens is 1. The van der Waals surface area contributed by atoms with E-state index < -0.39 is 0 Å². The normalized spacial score (nSPS) is 12.9. The van der Waals surface area contributed by atoms with Crippen LogP contribution in [0.4, 0.5) is 5.13 Å². The molecule has 0 radical (unpaired) electrons. The Morgan fingerprint density at radius 3 is 2.58 bits per heavy atom. The first-order valence-corrected chi connectivity index (χ1v) is 8.20. The van der Waals surface area contributed by atoms with Gasteiger partial charge in [0.05, 0.1) is 17.3 Å². The van der Waals surface area contributed by atoms with Crippen molar-refractivity contribution in [3.05, 3.63) is 42.0 Å². The van der Waals surface area contributed by atoms with Gasteiger partial charge in [0.1, 0.15) is 19.0 Å². The molecular formula is C17H14N2O4S. The third kappa shape index (κ3) is 2.74. The van der Waals surface area contributed by atoms with Gasteiger partial charge in [-0.05, 0) is 24.3 Å². The molecule has 1 amide bonds. The average Bonchev–Trinajstić information content (AvgIpc) is 3.00. The number of anilines is 1. The number of carbonyl (C=O) groups excluding carboxylic acids is 1. The van der Waals surface area contributed by atoms with Crippen LogP contribution in [0.5, 0.6) is 17.2 Å². The van der Waals surface area contributed by atoms with Gasteiger partial charge in [-0.2, -0.15) is 0 Å². The molecule has 0 atom stereocenters. The summed E-state index contributed by atoms with van der Waals surface area (Å²) in [6, 6.07) is 10.6. The second kappa shape index (κ2) is 6.01. The predicted molar refractivity (Wildman–Crippen MR) is 91.6 cm³/mol. The van der Waals surface area contributed by atoms with E-state index in [1.807, 2.05) is 12.1 Å². The molecule has 0 aliphatic carbocycles. The molecule has 1 aromatic heterocycles.